The van der Waals surface area contributed by atoms with Gasteiger partial charge >= 0.3 is 0 Å². The van der Waals surface area contributed by atoms with Crippen molar-refractivity contribution in [3.05, 3.63) is 16.3 Å². The van der Waals surface area contributed by atoms with Crippen LogP contribution in [0.2, 0.25) is 0 Å². The van der Waals surface area contributed by atoms with Gasteiger partial charge in [0.05, 0.1) is 0 Å². The van der Waals surface area contributed by atoms with Gasteiger partial charge in [-0.1, -0.05) is 6.42 Å². The highest BCUT2D eigenvalue weighted by Gasteiger charge is 2.41. The molecule has 1 amide bonds. The van der Waals surface area contributed by atoms with Crippen molar-refractivity contribution in [2.24, 2.45) is 17.6 Å². The summed E-state index contributed by atoms with van der Waals surface area (Å²) in [4.78, 5) is 13.4. The van der Waals surface area contributed by atoms with Gasteiger partial charge in [0.15, 0.2) is 0 Å². The van der Waals surface area contributed by atoms with Gasteiger partial charge in [-0.2, -0.15) is 4.31 Å². The summed E-state index contributed by atoms with van der Waals surface area (Å²) >= 11 is 1.22. The number of nitrogens with two attached hydrogens (primary N) is 1. The van der Waals surface area contributed by atoms with Crippen molar-refractivity contribution < 1.29 is 13.2 Å². The van der Waals surface area contributed by atoms with E-state index in [1.54, 1.807) is 11.4 Å². The first-order valence-electron chi connectivity index (χ1n) is 9.61. The van der Waals surface area contributed by atoms with E-state index < -0.39 is 10.0 Å². The minimum atomic E-state index is -3.58. The number of sulfonamides is 1. The number of carbonyl (C=O) groups excluding carboxylic acids is 1. The quantitative estimate of drug-likeness (QED) is 0.814. The first kappa shape index (κ1) is 18.4. The third-order valence-corrected chi connectivity index (χ3v) is 9.18. The second-order valence-corrected chi connectivity index (χ2v) is 10.7. The van der Waals surface area contributed by atoms with Crippen LogP contribution < -0.4 is 11.1 Å². The van der Waals surface area contributed by atoms with E-state index in [2.05, 4.69) is 5.32 Å². The van der Waals surface area contributed by atoms with Crippen molar-refractivity contribution >= 4 is 27.3 Å². The number of fused-ring (bicyclic) bond motifs is 2. The van der Waals surface area contributed by atoms with Gasteiger partial charge < -0.3 is 11.1 Å². The third-order valence-electron chi connectivity index (χ3n) is 6.19. The van der Waals surface area contributed by atoms with Crippen molar-refractivity contribution in [3.8, 4) is 0 Å². The zero-order valence-corrected chi connectivity index (χ0v) is 16.5. The van der Waals surface area contributed by atoms with Gasteiger partial charge in [-0.3, -0.25) is 4.79 Å². The molecule has 2 unspecified atom stereocenters. The summed E-state index contributed by atoms with van der Waals surface area (Å²) in [5, 5.41) is 4.88. The summed E-state index contributed by atoms with van der Waals surface area (Å²) in [5.41, 5.74) is 6.17. The lowest BCUT2D eigenvalue weighted by Gasteiger charge is -2.45. The van der Waals surface area contributed by atoms with E-state index in [0.29, 0.717) is 29.8 Å². The normalized spacial score (nSPS) is 32.5. The van der Waals surface area contributed by atoms with Crippen LogP contribution in [0.5, 0.6) is 0 Å². The first-order valence-corrected chi connectivity index (χ1v) is 11.9. The van der Waals surface area contributed by atoms with Crippen LogP contribution in [-0.2, 0) is 10.0 Å². The van der Waals surface area contributed by atoms with E-state index in [1.807, 2.05) is 0 Å². The van der Waals surface area contributed by atoms with Crippen LogP contribution in [0, 0.1) is 11.8 Å². The molecule has 1 aromatic heterocycles. The molecule has 1 saturated heterocycles. The Morgan fingerprint density at radius 3 is 2.46 bits per heavy atom. The van der Waals surface area contributed by atoms with Gasteiger partial charge in [-0.25, -0.2) is 8.42 Å². The third kappa shape index (κ3) is 3.32. The molecule has 2 aliphatic carbocycles. The SMILES string of the molecule is NC1CC2CCCC(C1)C2NC(=O)c1sccc1S(=O)(=O)N1CCCC1. The fourth-order valence-corrected chi connectivity index (χ4v) is 7.80. The van der Waals surface area contributed by atoms with E-state index in [-0.39, 0.29) is 22.9 Å². The highest BCUT2D eigenvalue weighted by Crippen LogP contribution is 2.40. The molecule has 144 valence electrons. The minimum absolute atomic E-state index is 0.125. The first-order chi connectivity index (χ1) is 12.5. The summed E-state index contributed by atoms with van der Waals surface area (Å²) in [6, 6.07) is 1.93. The molecule has 2 saturated carbocycles. The number of nitrogens with one attached hydrogen (secondary N) is 1. The Balaban J connectivity index is 1.54. The molecule has 4 rings (SSSR count). The summed E-state index contributed by atoms with van der Waals surface area (Å²) < 4.78 is 27.3. The van der Waals surface area contributed by atoms with Crippen LogP contribution >= 0.6 is 11.3 Å². The summed E-state index contributed by atoms with van der Waals surface area (Å²) in [7, 11) is -3.58. The molecule has 8 heteroatoms. The van der Waals surface area contributed by atoms with Gasteiger partial charge in [-0.15, -0.1) is 11.3 Å². The molecule has 2 bridgehead atoms. The van der Waals surface area contributed by atoms with Crippen LogP contribution in [-0.4, -0.2) is 43.8 Å². The smallest absolute Gasteiger partial charge is 0.262 e. The van der Waals surface area contributed by atoms with Crippen LogP contribution in [0.1, 0.15) is 54.6 Å². The van der Waals surface area contributed by atoms with Crippen molar-refractivity contribution in [2.45, 2.75) is 61.9 Å². The number of hydrogen-bond donors (Lipinski definition) is 2. The van der Waals surface area contributed by atoms with Crippen molar-refractivity contribution in [1.29, 1.82) is 0 Å². The van der Waals surface area contributed by atoms with E-state index in [1.165, 1.54) is 22.1 Å². The molecule has 1 aliphatic heterocycles. The van der Waals surface area contributed by atoms with Gasteiger partial charge in [0.25, 0.3) is 5.91 Å². The molecule has 3 aliphatic rings. The zero-order chi connectivity index (χ0) is 18.3. The lowest BCUT2D eigenvalue weighted by atomic mass is 9.67. The van der Waals surface area contributed by atoms with Crippen LogP contribution in [0.4, 0.5) is 0 Å². The molecule has 3 N–H and O–H groups in total. The number of thiophene rings is 1. The van der Waals surface area contributed by atoms with Gasteiger partial charge in [0.1, 0.15) is 9.77 Å². The average Bonchev–Trinajstić information content (AvgIpc) is 3.28. The van der Waals surface area contributed by atoms with Crippen molar-refractivity contribution in [2.75, 3.05) is 13.1 Å². The molecule has 0 aromatic carbocycles. The number of nitrogens with zero attached hydrogens (tertiary/aromatic N) is 1. The van der Waals surface area contributed by atoms with E-state index >= 15 is 0 Å². The number of rotatable bonds is 4. The standard InChI is InChI=1S/C18H27N3O3S2/c19-14-10-12-4-3-5-13(11-14)16(12)20-18(22)17-15(6-9-25-17)26(23,24)21-7-1-2-8-21/h6,9,12-14,16H,1-5,7-8,10-11,19H2,(H,20,22). The highest BCUT2D eigenvalue weighted by atomic mass is 32.2. The van der Waals surface area contributed by atoms with Crippen LogP contribution in [0.3, 0.4) is 0 Å². The maximum atomic E-state index is 13.0. The Morgan fingerprint density at radius 2 is 1.81 bits per heavy atom. The predicted octanol–water partition coefficient (Wildman–Crippen LogP) is 2.17. The minimum Gasteiger partial charge on any atom is -0.348 e. The summed E-state index contributed by atoms with van der Waals surface area (Å²) in [6.07, 6.45) is 7.06. The molecule has 0 spiro atoms. The van der Waals surface area contributed by atoms with Crippen LogP contribution in [0.15, 0.2) is 16.3 Å². The molecule has 2 heterocycles. The Morgan fingerprint density at radius 1 is 1.15 bits per heavy atom. The largest absolute Gasteiger partial charge is 0.348 e. The number of amides is 1. The number of hydrogen-bond acceptors (Lipinski definition) is 5. The summed E-state index contributed by atoms with van der Waals surface area (Å²) in [5.74, 6) is 0.593. The second-order valence-electron chi connectivity index (χ2n) is 7.91. The molecule has 1 aromatic rings. The van der Waals surface area contributed by atoms with Crippen molar-refractivity contribution in [1.82, 2.24) is 9.62 Å². The predicted molar refractivity (Wildman–Crippen MR) is 102 cm³/mol. The van der Waals surface area contributed by atoms with Gasteiger partial charge in [0.2, 0.25) is 10.0 Å². The molecule has 2 atom stereocenters. The average molecular weight is 398 g/mol. The Hall–Kier alpha value is -0.960. The van der Waals surface area contributed by atoms with Crippen molar-refractivity contribution in [3.63, 3.8) is 0 Å². The molecule has 0 radical (unpaired) electrons. The topological polar surface area (TPSA) is 92.5 Å². The van der Waals surface area contributed by atoms with E-state index in [0.717, 1.165) is 38.5 Å². The Labute approximate surface area is 159 Å². The van der Waals surface area contributed by atoms with E-state index in [9.17, 15) is 13.2 Å². The highest BCUT2D eigenvalue weighted by molar-refractivity contribution is 7.89. The second kappa shape index (κ2) is 7.22. The maximum absolute atomic E-state index is 13.0. The molecule has 6 nitrogen and oxygen atoms in total. The molecular formula is C18H27N3O3S2. The Bertz CT molecular complexity index is 756. The van der Waals surface area contributed by atoms with Crippen LogP contribution in [0.25, 0.3) is 0 Å². The van der Waals surface area contributed by atoms with E-state index in [4.69, 9.17) is 5.73 Å². The fourth-order valence-electron chi connectivity index (χ4n) is 4.98. The lowest BCUT2D eigenvalue weighted by Crippen LogP contribution is -2.53. The summed E-state index contributed by atoms with van der Waals surface area (Å²) in [6.45, 7) is 1.09. The Kier molecular flexibility index (Phi) is 5.11. The lowest BCUT2D eigenvalue weighted by molar-refractivity contribution is 0.0757. The van der Waals surface area contributed by atoms with Gasteiger partial charge in [0, 0.05) is 25.2 Å². The van der Waals surface area contributed by atoms with Gasteiger partial charge in [-0.05, 0) is 61.8 Å². The number of carbonyl (C=O) groups is 1. The maximum Gasteiger partial charge on any atom is 0.262 e. The molecule has 3 fully saturated rings. The molecular weight excluding hydrogens is 370 g/mol. The monoisotopic (exact) mass is 397 g/mol. The zero-order valence-electron chi connectivity index (χ0n) is 14.9. The fraction of sp³-hybridized carbons (Fsp3) is 0.722. The molecule has 26 heavy (non-hydrogen) atoms.